The lowest BCUT2D eigenvalue weighted by Crippen LogP contribution is -2.34. The average molecular weight is 515 g/mol. The molecule has 0 N–H and O–H groups in total. The maximum Gasteiger partial charge on any atom is 0.573 e. The van der Waals surface area contributed by atoms with E-state index in [2.05, 4.69) is 24.9 Å². The first-order valence-corrected chi connectivity index (χ1v) is 9.74. The number of fused-ring (bicyclic) bond motifs is 3. The first kappa shape index (κ1) is 23.4. The molecule has 5 aromatic rings. The Morgan fingerprint density at radius 1 is 0.861 bits per heavy atom. The van der Waals surface area contributed by atoms with Crippen LogP contribution in [0.5, 0.6) is 5.75 Å². The standard InChI is InChI=1S/C21H9F8N5O2/c22-19(23,20(24,25)26)15-7-13(10-1-3-11(4-2-10)36-21(27,28)29)12-5-6-16-31-14(18-33-30-9-35-18)8-34(16)17(12)32-15/h1-9H. The molecule has 1 aromatic carbocycles. The van der Waals surface area contributed by atoms with Gasteiger partial charge in [-0.05, 0) is 41.5 Å². The molecule has 0 unspecified atom stereocenters. The van der Waals surface area contributed by atoms with E-state index in [9.17, 15) is 35.1 Å². The van der Waals surface area contributed by atoms with Crippen molar-refractivity contribution in [2.24, 2.45) is 0 Å². The van der Waals surface area contributed by atoms with E-state index in [1.54, 1.807) is 0 Å². The van der Waals surface area contributed by atoms with Crippen LogP contribution >= 0.6 is 0 Å². The minimum absolute atomic E-state index is 0.0349. The number of alkyl halides is 8. The van der Waals surface area contributed by atoms with E-state index in [0.717, 1.165) is 35.1 Å². The molecule has 186 valence electrons. The highest BCUT2D eigenvalue weighted by molar-refractivity contribution is 5.94. The fourth-order valence-electron chi connectivity index (χ4n) is 3.50. The number of benzene rings is 1. The van der Waals surface area contributed by atoms with Gasteiger partial charge in [0.15, 0.2) is 0 Å². The van der Waals surface area contributed by atoms with E-state index < -0.39 is 29.9 Å². The van der Waals surface area contributed by atoms with E-state index in [1.807, 2.05) is 0 Å². The van der Waals surface area contributed by atoms with Gasteiger partial charge >= 0.3 is 18.5 Å². The molecule has 15 heteroatoms. The number of pyridine rings is 2. The SMILES string of the molecule is FC(F)(F)Oc1ccc(-c2cc(C(F)(F)C(F)(F)F)nc3c2ccc2nc(-c4nnco4)cn23)cc1. The van der Waals surface area contributed by atoms with Gasteiger partial charge in [-0.25, -0.2) is 9.97 Å². The second-order valence-electron chi connectivity index (χ2n) is 7.37. The lowest BCUT2D eigenvalue weighted by Gasteiger charge is -2.21. The van der Waals surface area contributed by atoms with Crippen LogP contribution in [0.25, 0.3) is 39.4 Å². The van der Waals surface area contributed by atoms with Crippen LogP contribution in [-0.2, 0) is 5.92 Å². The van der Waals surface area contributed by atoms with Crippen LogP contribution in [-0.4, -0.2) is 37.1 Å². The zero-order valence-corrected chi connectivity index (χ0v) is 17.3. The zero-order valence-electron chi connectivity index (χ0n) is 17.3. The molecule has 0 amide bonds. The second kappa shape index (κ2) is 7.86. The van der Waals surface area contributed by atoms with Gasteiger partial charge < -0.3 is 9.15 Å². The van der Waals surface area contributed by atoms with Crippen LogP contribution in [0.2, 0.25) is 0 Å². The maximum absolute atomic E-state index is 14.4. The highest BCUT2D eigenvalue weighted by atomic mass is 19.4. The number of hydrogen-bond acceptors (Lipinski definition) is 6. The minimum atomic E-state index is -5.97. The van der Waals surface area contributed by atoms with Crippen LogP contribution in [0.4, 0.5) is 35.1 Å². The number of ether oxygens (including phenoxy) is 1. The summed E-state index contributed by atoms with van der Waals surface area (Å²) < 4.78 is 116. The van der Waals surface area contributed by atoms with Crippen molar-refractivity contribution in [3.63, 3.8) is 0 Å². The quantitative estimate of drug-likeness (QED) is 0.267. The third-order valence-corrected chi connectivity index (χ3v) is 5.05. The summed E-state index contributed by atoms with van der Waals surface area (Å²) in [5.41, 5.74) is -1.83. The molecule has 7 nitrogen and oxygen atoms in total. The number of imidazole rings is 1. The topological polar surface area (TPSA) is 78.3 Å². The predicted molar refractivity (Wildman–Crippen MR) is 106 cm³/mol. The molecule has 0 saturated heterocycles. The summed E-state index contributed by atoms with van der Waals surface area (Å²) in [5.74, 6) is -5.98. The Bertz CT molecular complexity index is 1560. The van der Waals surface area contributed by atoms with Crippen LogP contribution in [0.3, 0.4) is 0 Å². The third kappa shape index (κ3) is 4.05. The molecule has 0 aliphatic heterocycles. The second-order valence-corrected chi connectivity index (χ2v) is 7.37. The normalized spacial score (nSPS) is 13.0. The van der Waals surface area contributed by atoms with Crippen molar-refractivity contribution in [2.75, 3.05) is 0 Å². The van der Waals surface area contributed by atoms with Gasteiger partial charge in [-0.3, -0.25) is 4.40 Å². The van der Waals surface area contributed by atoms with Gasteiger partial charge in [0.1, 0.15) is 28.4 Å². The third-order valence-electron chi connectivity index (χ3n) is 5.05. The maximum atomic E-state index is 14.4. The Labute approximate surface area is 194 Å². The Kier molecular flexibility index (Phi) is 5.12. The van der Waals surface area contributed by atoms with Crippen molar-refractivity contribution in [2.45, 2.75) is 18.5 Å². The largest absolute Gasteiger partial charge is 0.573 e. The summed E-state index contributed by atoms with van der Waals surface area (Å²) in [7, 11) is 0. The highest BCUT2D eigenvalue weighted by Crippen LogP contribution is 2.45. The first-order chi connectivity index (χ1) is 16.8. The van der Waals surface area contributed by atoms with Crippen molar-refractivity contribution in [3.05, 3.63) is 60.7 Å². The summed E-state index contributed by atoms with van der Waals surface area (Å²) in [4.78, 5) is 7.79. The van der Waals surface area contributed by atoms with Gasteiger partial charge in [0, 0.05) is 11.6 Å². The first-order valence-electron chi connectivity index (χ1n) is 9.74. The zero-order chi connectivity index (χ0) is 25.9. The van der Waals surface area contributed by atoms with E-state index in [4.69, 9.17) is 4.42 Å². The van der Waals surface area contributed by atoms with Crippen molar-refractivity contribution in [1.29, 1.82) is 0 Å². The molecule has 0 radical (unpaired) electrons. The summed E-state index contributed by atoms with van der Waals surface area (Å²) in [6.07, 6.45) is -8.66. The summed E-state index contributed by atoms with van der Waals surface area (Å²) >= 11 is 0. The molecule has 5 rings (SSSR count). The fourth-order valence-corrected chi connectivity index (χ4v) is 3.50. The lowest BCUT2D eigenvalue weighted by molar-refractivity contribution is -0.290. The van der Waals surface area contributed by atoms with E-state index in [1.165, 1.54) is 18.3 Å². The van der Waals surface area contributed by atoms with Crippen LogP contribution in [0.1, 0.15) is 5.69 Å². The molecule has 4 aromatic heterocycles. The summed E-state index contributed by atoms with van der Waals surface area (Å²) in [6, 6.07) is 7.35. The van der Waals surface area contributed by atoms with Crippen LogP contribution in [0.15, 0.2) is 59.5 Å². The molecule has 0 bridgehead atoms. The van der Waals surface area contributed by atoms with Gasteiger partial charge in [-0.15, -0.1) is 23.4 Å². The van der Waals surface area contributed by atoms with Gasteiger partial charge in [-0.1, -0.05) is 12.1 Å². The molecule has 0 aliphatic carbocycles. The molecule has 36 heavy (non-hydrogen) atoms. The highest BCUT2D eigenvalue weighted by Gasteiger charge is 2.60. The van der Waals surface area contributed by atoms with E-state index >= 15 is 0 Å². The molecule has 4 heterocycles. The van der Waals surface area contributed by atoms with Crippen LogP contribution in [0, 0.1) is 0 Å². The minimum Gasteiger partial charge on any atom is -0.422 e. The number of halogens is 8. The van der Waals surface area contributed by atoms with E-state index in [0.29, 0.717) is 6.07 Å². The predicted octanol–water partition coefficient (Wildman–Crippen LogP) is 6.15. The Hall–Kier alpha value is -4.30. The van der Waals surface area contributed by atoms with Crippen LogP contribution < -0.4 is 4.74 Å². The van der Waals surface area contributed by atoms with Gasteiger partial charge in [0.05, 0.1) is 0 Å². The molecule has 0 fully saturated rings. The van der Waals surface area contributed by atoms with Gasteiger partial charge in [0.25, 0.3) is 5.89 Å². The Balaban J connectivity index is 1.75. The number of nitrogens with zero attached hydrogens (tertiary/aromatic N) is 5. The molecular weight excluding hydrogens is 506 g/mol. The smallest absolute Gasteiger partial charge is 0.422 e. The fraction of sp³-hybridized carbons (Fsp3) is 0.143. The van der Waals surface area contributed by atoms with Crippen molar-refractivity contribution in [1.82, 2.24) is 24.6 Å². The molecule has 0 saturated carbocycles. The average Bonchev–Trinajstić information content (AvgIpc) is 3.47. The van der Waals surface area contributed by atoms with Gasteiger partial charge in [-0.2, -0.15) is 22.0 Å². The molecule has 0 aliphatic rings. The monoisotopic (exact) mass is 515 g/mol. The summed E-state index contributed by atoms with van der Waals surface area (Å²) in [5, 5.41) is 7.29. The summed E-state index contributed by atoms with van der Waals surface area (Å²) in [6.45, 7) is 0. The molecule has 0 spiro atoms. The van der Waals surface area contributed by atoms with Crippen molar-refractivity contribution >= 4 is 16.7 Å². The number of rotatable bonds is 4. The van der Waals surface area contributed by atoms with E-state index in [-0.39, 0.29) is 39.4 Å². The lowest BCUT2D eigenvalue weighted by atomic mass is 10.00. The Morgan fingerprint density at radius 2 is 1.58 bits per heavy atom. The van der Waals surface area contributed by atoms with Crippen molar-refractivity contribution in [3.8, 4) is 28.5 Å². The number of aromatic nitrogens is 5. The van der Waals surface area contributed by atoms with Crippen molar-refractivity contribution < 1.29 is 44.3 Å². The Morgan fingerprint density at radius 3 is 2.19 bits per heavy atom. The molecular formula is C21H9F8N5O2. The van der Waals surface area contributed by atoms with Gasteiger partial charge in [0.2, 0.25) is 6.39 Å². The number of hydrogen-bond donors (Lipinski definition) is 0. The molecule has 0 atom stereocenters.